The van der Waals surface area contributed by atoms with Gasteiger partial charge in [-0.05, 0) is 74.5 Å². The van der Waals surface area contributed by atoms with Crippen LogP contribution < -0.4 is 14.9 Å². The second-order valence-electron chi connectivity index (χ2n) is 9.24. The molecule has 1 unspecified atom stereocenters. The van der Waals surface area contributed by atoms with E-state index < -0.39 is 22.2 Å². The van der Waals surface area contributed by atoms with Gasteiger partial charge in [0.05, 0.1) is 16.6 Å². The Hall–Kier alpha value is -2.29. The number of amides is 1. The van der Waals surface area contributed by atoms with Crippen LogP contribution in [0.2, 0.25) is 5.02 Å². The predicted octanol–water partition coefficient (Wildman–Crippen LogP) is 4.89. The van der Waals surface area contributed by atoms with Gasteiger partial charge in [0.25, 0.3) is 10.0 Å². The van der Waals surface area contributed by atoms with E-state index in [2.05, 4.69) is 10.6 Å². The molecule has 0 bridgehead atoms. The number of anilines is 1. The molecule has 1 fully saturated rings. The number of halogens is 1. The Kier molecular flexibility index (Phi) is 8.92. The molecule has 2 aromatic carbocycles. The monoisotopic (exact) mass is 519 g/mol. The second-order valence-corrected chi connectivity index (χ2v) is 11.5. The van der Waals surface area contributed by atoms with Crippen molar-refractivity contribution in [3.05, 3.63) is 59.1 Å². The molecule has 35 heavy (non-hydrogen) atoms. The first-order valence-corrected chi connectivity index (χ1v) is 14.3. The highest BCUT2D eigenvalue weighted by molar-refractivity contribution is 7.92. The van der Waals surface area contributed by atoms with Crippen molar-refractivity contribution in [2.45, 2.75) is 68.3 Å². The number of carbonyl (C=O) groups is 1. The van der Waals surface area contributed by atoms with Crippen molar-refractivity contribution < 1.29 is 17.9 Å². The molecule has 190 valence electrons. The number of nitrogens with one attached hydrogen (secondary N) is 2. The molecular formula is C26H34ClN3O4S. The van der Waals surface area contributed by atoms with E-state index in [4.69, 9.17) is 16.3 Å². The Bertz CT molecular complexity index is 1090. The maximum absolute atomic E-state index is 13.6. The SMILES string of the molecule is O=C(NCCCNC1CCCCC1)OCC1CCc2ccccc2N1S(=O)(=O)c1ccc(Cl)cc1. The van der Waals surface area contributed by atoms with E-state index in [0.29, 0.717) is 36.1 Å². The van der Waals surface area contributed by atoms with Gasteiger partial charge in [-0.2, -0.15) is 0 Å². The summed E-state index contributed by atoms with van der Waals surface area (Å²) in [5.74, 6) is 0. The molecule has 1 saturated carbocycles. The summed E-state index contributed by atoms with van der Waals surface area (Å²) in [4.78, 5) is 12.5. The summed E-state index contributed by atoms with van der Waals surface area (Å²) in [5.41, 5.74) is 1.58. The number of benzene rings is 2. The van der Waals surface area contributed by atoms with Crippen molar-refractivity contribution in [3.8, 4) is 0 Å². The lowest BCUT2D eigenvalue weighted by molar-refractivity contribution is 0.137. The topological polar surface area (TPSA) is 87.7 Å². The molecule has 0 radical (unpaired) electrons. The van der Waals surface area contributed by atoms with Crippen molar-refractivity contribution in [2.24, 2.45) is 0 Å². The summed E-state index contributed by atoms with van der Waals surface area (Å²) in [6.45, 7) is 1.35. The normalized spacial score (nSPS) is 18.7. The fourth-order valence-corrected chi connectivity index (χ4v) is 6.71. The summed E-state index contributed by atoms with van der Waals surface area (Å²) in [6.07, 6.45) is 7.94. The zero-order chi connectivity index (χ0) is 24.7. The highest BCUT2D eigenvalue weighted by Gasteiger charge is 2.36. The number of fused-ring (bicyclic) bond motifs is 1. The van der Waals surface area contributed by atoms with Crippen molar-refractivity contribution in [1.82, 2.24) is 10.6 Å². The predicted molar refractivity (Wildman–Crippen MR) is 139 cm³/mol. The Morgan fingerprint density at radius 3 is 2.51 bits per heavy atom. The van der Waals surface area contributed by atoms with Crippen LogP contribution in [0.1, 0.15) is 50.5 Å². The minimum absolute atomic E-state index is 0.0205. The first kappa shape index (κ1) is 25.8. The zero-order valence-corrected chi connectivity index (χ0v) is 21.5. The van der Waals surface area contributed by atoms with Crippen LogP contribution in [0.3, 0.4) is 0 Å². The summed E-state index contributed by atoms with van der Waals surface area (Å²) >= 11 is 5.97. The Morgan fingerprint density at radius 1 is 1.00 bits per heavy atom. The molecule has 7 nitrogen and oxygen atoms in total. The molecule has 1 heterocycles. The number of sulfonamides is 1. The van der Waals surface area contributed by atoms with Gasteiger partial charge in [-0.25, -0.2) is 13.2 Å². The number of para-hydroxylation sites is 1. The van der Waals surface area contributed by atoms with Gasteiger partial charge in [0, 0.05) is 17.6 Å². The van der Waals surface area contributed by atoms with E-state index >= 15 is 0 Å². The van der Waals surface area contributed by atoms with Gasteiger partial charge in [0.1, 0.15) is 6.61 Å². The van der Waals surface area contributed by atoms with E-state index in [1.54, 1.807) is 18.2 Å². The Labute approximate surface area is 213 Å². The van der Waals surface area contributed by atoms with E-state index in [-0.39, 0.29) is 11.5 Å². The van der Waals surface area contributed by atoms with Gasteiger partial charge >= 0.3 is 6.09 Å². The van der Waals surface area contributed by atoms with E-state index in [1.807, 2.05) is 18.2 Å². The summed E-state index contributed by atoms with van der Waals surface area (Å²) in [5, 5.41) is 6.81. The number of aryl methyl sites for hydroxylation is 1. The van der Waals surface area contributed by atoms with Crippen LogP contribution in [0.25, 0.3) is 0 Å². The summed E-state index contributed by atoms with van der Waals surface area (Å²) in [7, 11) is -3.87. The summed E-state index contributed by atoms with van der Waals surface area (Å²) in [6, 6.07) is 13.7. The third kappa shape index (κ3) is 6.68. The molecule has 1 amide bonds. The molecule has 0 saturated heterocycles. The third-order valence-electron chi connectivity index (χ3n) is 6.75. The van der Waals surface area contributed by atoms with E-state index in [9.17, 15) is 13.2 Å². The highest BCUT2D eigenvalue weighted by Crippen LogP contribution is 2.35. The number of carbonyl (C=O) groups excluding carboxylic acids is 1. The van der Waals surface area contributed by atoms with Crippen LogP contribution >= 0.6 is 11.6 Å². The number of nitrogens with zero attached hydrogens (tertiary/aromatic N) is 1. The van der Waals surface area contributed by atoms with Crippen LogP contribution in [0.5, 0.6) is 0 Å². The number of rotatable bonds is 9. The van der Waals surface area contributed by atoms with Crippen LogP contribution in [-0.2, 0) is 21.2 Å². The second kappa shape index (κ2) is 12.1. The third-order valence-corrected chi connectivity index (χ3v) is 8.88. The lowest BCUT2D eigenvalue weighted by atomic mass is 9.95. The van der Waals surface area contributed by atoms with Gasteiger partial charge in [0.15, 0.2) is 0 Å². The largest absolute Gasteiger partial charge is 0.447 e. The average molecular weight is 520 g/mol. The molecule has 2 N–H and O–H groups in total. The van der Waals surface area contributed by atoms with Crippen LogP contribution in [-0.4, -0.2) is 46.3 Å². The van der Waals surface area contributed by atoms with E-state index in [1.165, 1.54) is 48.5 Å². The number of hydrogen-bond acceptors (Lipinski definition) is 5. The highest BCUT2D eigenvalue weighted by atomic mass is 35.5. The van der Waals surface area contributed by atoms with Crippen molar-refractivity contribution in [2.75, 3.05) is 24.0 Å². The van der Waals surface area contributed by atoms with Gasteiger partial charge in [0.2, 0.25) is 0 Å². The van der Waals surface area contributed by atoms with Gasteiger partial charge in [-0.3, -0.25) is 4.31 Å². The zero-order valence-electron chi connectivity index (χ0n) is 19.9. The maximum atomic E-state index is 13.6. The number of alkyl carbamates (subject to hydrolysis) is 1. The molecule has 1 aliphatic carbocycles. The van der Waals surface area contributed by atoms with Gasteiger partial charge in [-0.1, -0.05) is 49.1 Å². The number of ether oxygens (including phenoxy) is 1. The standard InChI is InChI=1S/C26H34ClN3O4S/c27-21-12-15-24(16-13-21)35(32,33)30-23(14-11-20-7-4-5-10-25(20)30)19-34-26(31)29-18-6-17-28-22-8-2-1-3-9-22/h4-5,7,10,12-13,15-16,22-23,28H,1-3,6,8-9,11,14,17-19H2,(H,29,31). The van der Waals surface area contributed by atoms with Crippen molar-refractivity contribution in [3.63, 3.8) is 0 Å². The average Bonchev–Trinajstić information content (AvgIpc) is 2.87. The summed E-state index contributed by atoms with van der Waals surface area (Å²) < 4.78 is 34.1. The lowest BCUT2D eigenvalue weighted by Crippen LogP contribution is -2.47. The molecule has 2 aliphatic rings. The minimum Gasteiger partial charge on any atom is -0.447 e. The molecule has 1 aliphatic heterocycles. The maximum Gasteiger partial charge on any atom is 0.407 e. The molecule has 4 rings (SSSR count). The van der Waals surface area contributed by atoms with Crippen LogP contribution in [0.4, 0.5) is 10.5 Å². The van der Waals surface area contributed by atoms with Crippen molar-refractivity contribution >= 4 is 33.4 Å². The first-order valence-electron chi connectivity index (χ1n) is 12.5. The smallest absolute Gasteiger partial charge is 0.407 e. The quantitative estimate of drug-likeness (QED) is 0.461. The minimum atomic E-state index is -3.87. The molecule has 9 heteroatoms. The Morgan fingerprint density at radius 2 is 1.74 bits per heavy atom. The molecule has 0 spiro atoms. The molecule has 0 aromatic heterocycles. The molecular weight excluding hydrogens is 486 g/mol. The lowest BCUT2D eigenvalue weighted by Gasteiger charge is -2.37. The van der Waals surface area contributed by atoms with Gasteiger partial charge < -0.3 is 15.4 Å². The van der Waals surface area contributed by atoms with Gasteiger partial charge in [-0.15, -0.1) is 0 Å². The van der Waals surface area contributed by atoms with Crippen LogP contribution in [0.15, 0.2) is 53.4 Å². The number of hydrogen-bond donors (Lipinski definition) is 2. The molecule has 1 atom stereocenters. The fraction of sp³-hybridized carbons (Fsp3) is 0.500. The van der Waals surface area contributed by atoms with Crippen molar-refractivity contribution in [1.29, 1.82) is 0 Å². The Balaban J connectivity index is 1.34. The molecule has 2 aromatic rings. The first-order chi connectivity index (χ1) is 16.9. The van der Waals surface area contributed by atoms with E-state index in [0.717, 1.165) is 18.5 Å². The van der Waals surface area contributed by atoms with Crippen LogP contribution in [0, 0.1) is 0 Å². The fourth-order valence-electron chi connectivity index (χ4n) is 4.88.